The number of hydrogen-bond acceptors (Lipinski definition) is 3. The molecular weight excluding hydrogens is 344 g/mol. The quantitative estimate of drug-likeness (QED) is 0.913. The van der Waals surface area contributed by atoms with Gasteiger partial charge in [-0.15, -0.1) is 0 Å². The monoisotopic (exact) mass is 361 g/mol. The van der Waals surface area contributed by atoms with Gasteiger partial charge in [-0.1, -0.05) is 12.1 Å². The zero-order valence-corrected chi connectivity index (χ0v) is 14.0. The molecule has 26 heavy (non-hydrogen) atoms. The Labute approximate surface area is 148 Å². The van der Waals surface area contributed by atoms with Gasteiger partial charge in [0.1, 0.15) is 11.6 Å². The lowest BCUT2D eigenvalue weighted by molar-refractivity contribution is -0.154. The van der Waals surface area contributed by atoms with Crippen LogP contribution in [0.25, 0.3) is 11.1 Å². The van der Waals surface area contributed by atoms with Crippen molar-refractivity contribution in [2.45, 2.75) is 13.0 Å². The molecular formula is C19H17F2NO4. The van der Waals surface area contributed by atoms with Gasteiger partial charge in [0.25, 0.3) is 5.91 Å². The van der Waals surface area contributed by atoms with Gasteiger partial charge in [0.2, 0.25) is 0 Å². The van der Waals surface area contributed by atoms with E-state index in [2.05, 4.69) is 0 Å². The SMILES string of the molecule is Cc1cc(F)ccc1-c1ccc(C(=O)N2CCOC(C(=O)O)C2)cc1F. The molecule has 0 aliphatic carbocycles. The number of nitrogens with zero attached hydrogens (tertiary/aromatic N) is 1. The number of hydrogen-bond donors (Lipinski definition) is 1. The zero-order valence-electron chi connectivity index (χ0n) is 14.0. The number of halogens is 2. The largest absolute Gasteiger partial charge is 0.479 e. The van der Waals surface area contributed by atoms with Gasteiger partial charge in [-0.3, -0.25) is 4.79 Å². The van der Waals surface area contributed by atoms with Crippen LogP contribution in [-0.2, 0) is 9.53 Å². The first kappa shape index (κ1) is 18.0. The first-order valence-electron chi connectivity index (χ1n) is 8.06. The molecule has 1 heterocycles. The van der Waals surface area contributed by atoms with E-state index in [1.165, 1.54) is 35.2 Å². The van der Waals surface area contributed by atoms with Crippen LogP contribution in [-0.4, -0.2) is 47.7 Å². The van der Waals surface area contributed by atoms with Gasteiger partial charge in [0.15, 0.2) is 6.10 Å². The molecule has 1 saturated heterocycles. The van der Waals surface area contributed by atoms with Gasteiger partial charge in [-0.2, -0.15) is 0 Å². The molecule has 0 radical (unpaired) electrons. The topological polar surface area (TPSA) is 66.8 Å². The van der Waals surface area contributed by atoms with Crippen molar-refractivity contribution in [3.8, 4) is 11.1 Å². The molecule has 0 aromatic heterocycles. The maximum Gasteiger partial charge on any atom is 0.334 e. The number of ether oxygens (including phenoxy) is 1. The number of carbonyl (C=O) groups is 2. The van der Waals surface area contributed by atoms with Crippen LogP contribution >= 0.6 is 0 Å². The lowest BCUT2D eigenvalue weighted by Crippen LogP contribution is -2.48. The van der Waals surface area contributed by atoms with Crippen molar-refractivity contribution >= 4 is 11.9 Å². The molecule has 2 aromatic carbocycles. The Morgan fingerprint density at radius 2 is 1.88 bits per heavy atom. The molecule has 1 unspecified atom stereocenters. The highest BCUT2D eigenvalue weighted by Crippen LogP contribution is 2.27. The summed E-state index contributed by atoms with van der Waals surface area (Å²) >= 11 is 0. The number of carbonyl (C=O) groups excluding carboxylic acids is 1. The number of carboxylic acids is 1. The van der Waals surface area contributed by atoms with E-state index in [9.17, 15) is 18.4 Å². The highest BCUT2D eigenvalue weighted by molar-refractivity contribution is 5.95. The van der Waals surface area contributed by atoms with Gasteiger partial charge in [0, 0.05) is 17.7 Å². The summed E-state index contributed by atoms with van der Waals surface area (Å²) in [7, 11) is 0. The van der Waals surface area contributed by atoms with E-state index in [4.69, 9.17) is 9.84 Å². The van der Waals surface area contributed by atoms with Crippen LogP contribution in [0.1, 0.15) is 15.9 Å². The van der Waals surface area contributed by atoms with Crippen molar-refractivity contribution in [2.24, 2.45) is 0 Å². The summed E-state index contributed by atoms with van der Waals surface area (Å²) in [6, 6.07) is 8.12. The first-order valence-corrected chi connectivity index (χ1v) is 8.06. The molecule has 1 amide bonds. The summed E-state index contributed by atoms with van der Waals surface area (Å²) in [5, 5.41) is 9.01. The Kier molecular flexibility index (Phi) is 4.99. The van der Waals surface area contributed by atoms with Crippen LogP contribution < -0.4 is 0 Å². The number of morpholine rings is 1. The van der Waals surface area contributed by atoms with E-state index in [-0.39, 0.29) is 30.8 Å². The fourth-order valence-electron chi connectivity index (χ4n) is 2.96. The Bertz CT molecular complexity index is 869. The molecule has 1 aliphatic heterocycles. The minimum atomic E-state index is -1.14. The van der Waals surface area contributed by atoms with E-state index in [1.807, 2.05) is 0 Å². The predicted molar refractivity (Wildman–Crippen MR) is 89.8 cm³/mol. The average Bonchev–Trinajstić information content (AvgIpc) is 2.62. The van der Waals surface area contributed by atoms with Crippen LogP contribution in [0.3, 0.4) is 0 Å². The van der Waals surface area contributed by atoms with E-state index in [0.29, 0.717) is 11.1 Å². The van der Waals surface area contributed by atoms with Crippen molar-refractivity contribution in [1.82, 2.24) is 4.90 Å². The number of aliphatic carboxylic acids is 1. The molecule has 136 valence electrons. The third-order valence-corrected chi connectivity index (χ3v) is 4.32. The molecule has 1 aliphatic rings. The third-order valence-electron chi connectivity index (χ3n) is 4.32. The number of carboxylic acid groups (broad SMARTS) is 1. The minimum Gasteiger partial charge on any atom is -0.479 e. The Morgan fingerprint density at radius 3 is 2.54 bits per heavy atom. The molecule has 2 aromatic rings. The van der Waals surface area contributed by atoms with Crippen LogP contribution in [0.15, 0.2) is 36.4 Å². The minimum absolute atomic E-state index is 0.0887. The van der Waals surface area contributed by atoms with Crippen molar-refractivity contribution < 1.29 is 28.2 Å². The second-order valence-electron chi connectivity index (χ2n) is 6.10. The smallest absolute Gasteiger partial charge is 0.334 e. The molecule has 0 bridgehead atoms. The summed E-state index contributed by atoms with van der Waals surface area (Å²) < 4.78 is 32.9. The van der Waals surface area contributed by atoms with Crippen LogP contribution in [0.4, 0.5) is 8.78 Å². The molecule has 1 fully saturated rings. The number of benzene rings is 2. The molecule has 3 rings (SSSR count). The number of aryl methyl sites for hydroxylation is 1. The standard InChI is InChI=1S/C19H17F2NO4/c1-11-8-13(20)3-5-14(11)15-4-2-12(9-16(15)21)18(23)22-6-7-26-17(10-22)19(24)25/h2-5,8-9,17H,6-7,10H2,1H3,(H,24,25). The summed E-state index contributed by atoms with van der Waals surface area (Å²) in [6.07, 6.45) is -1.08. The summed E-state index contributed by atoms with van der Waals surface area (Å²) in [5.74, 6) is -2.61. The molecule has 1 N–H and O–H groups in total. The van der Waals surface area contributed by atoms with Crippen LogP contribution in [0.2, 0.25) is 0 Å². The fourth-order valence-corrected chi connectivity index (χ4v) is 2.96. The summed E-state index contributed by atoms with van der Waals surface area (Å²) in [4.78, 5) is 24.9. The van der Waals surface area contributed by atoms with Crippen LogP contribution in [0, 0.1) is 18.6 Å². The highest BCUT2D eigenvalue weighted by Gasteiger charge is 2.29. The fraction of sp³-hybridized carbons (Fsp3) is 0.263. The van der Waals surface area contributed by atoms with Crippen molar-refractivity contribution in [1.29, 1.82) is 0 Å². The molecule has 0 saturated carbocycles. The normalized spacial score (nSPS) is 17.2. The maximum atomic E-state index is 14.6. The van der Waals surface area contributed by atoms with Crippen LogP contribution in [0.5, 0.6) is 0 Å². The lowest BCUT2D eigenvalue weighted by atomic mass is 9.98. The number of rotatable bonds is 3. The van der Waals surface area contributed by atoms with Gasteiger partial charge >= 0.3 is 5.97 Å². The zero-order chi connectivity index (χ0) is 18.8. The van der Waals surface area contributed by atoms with E-state index in [0.717, 1.165) is 6.07 Å². The molecule has 0 spiro atoms. The van der Waals surface area contributed by atoms with E-state index in [1.54, 1.807) is 6.92 Å². The Morgan fingerprint density at radius 1 is 1.15 bits per heavy atom. The van der Waals surface area contributed by atoms with Crippen molar-refractivity contribution in [3.05, 3.63) is 59.2 Å². The average molecular weight is 361 g/mol. The molecule has 1 atom stereocenters. The third kappa shape index (κ3) is 3.57. The maximum absolute atomic E-state index is 14.6. The van der Waals surface area contributed by atoms with E-state index >= 15 is 0 Å². The molecule has 7 heteroatoms. The van der Waals surface area contributed by atoms with Crippen molar-refractivity contribution in [3.63, 3.8) is 0 Å². The van der Waals surface area contributed by atoms with Gasteiger partial charge in [-0.05, 0) is 42.3 Å². The molecule has 5 nitrogen and oxygen atoms in total. The second kappa shape index (κ2) is 7.21. The van der Waals surface area contributed by atoms with Gasteiger partial charge < -0.3 is 14.7 Å². The predicted octanol–water partition coefficient (Wildman–Crippen LogP) is 2.87. The summed E-state index contributed by atoms with van der Waals surface area (Å²) in [5.41, 5.74) is 1.52. The highest BCUT2D eigenvalue weighted by atomic mass is 19.1. The van der Waals surface area contributed by atoms with Gasteiger partial charge in [-0.25, -0.2) is 13.6 Å². The van der Waals surface area contributed by atoms with E-state index < -0.39 is 29.6 Å². The first-order chi connectivity index (χ1) is 12.4. The lowest BCUT2D eigenvalue weighted by Gasteiger charge is -2.31. The second-order valence-corrected chi connectivity index (χ2v) is 6.10. The Hall–Kier alpha value is -2.80. The Balaban J connectivity index is 1.85. The summed E-state index contributed by atoms with van der Waals surface area (Å²) in [6.45, 7) is 1.94. The van der Waals surface area contributed by atoms with Gasteiger partial charge in [0.05, 0.1) is 13.2 Å². The number of amides is 1. The van der Waals surface area contributed by atoms with Crippen molar-refractivity contribution in [2.75, 3.05) is 19.7 Å².